The number of hydrogen-bond acceptors (Lipinski definition) is 8. The van der Waals surface area contributed by atoms with Crippen LogP contribution in [0, 0.1) is 0 Å². The standard InChI is InChI=1S/C30H38N6O3/c37-29(27-22-28(35-16-20-39-21-17-35)33-30(32-27)36-12-3-4-13-36)31-26-10-9-23(24-7-1-2-8-25(24)26)6-5-11-34-14-18-38-19-15-34/h1-2,7-10,22H,3-6,11-21H2,(H,31,37). The van der Waals surface area contributed by atoms with Crippen LogP contribution in [-0.2, 0) is 15.9 Å². The lowest BCUT2D eigenvalue weighted by atomic mass is 9.99. The molecule has 3 saturated heterocycles. The molecule has 6 rings (SSSR count). The normalized spacial score (nSPS) is 18.6. The molecule has 3 aliphatic rings. The van der Waals surface area contributed by atoms with Crippen LogP contribution in [0.4, 0.5) is 17.5 Å². The number of carbonyl (C=O) groups excluding carboxylic acids is 1. The van der Waals surface area contributed by atoms with Gasteiger partial charge in [0.15, 0.2) is 0 Å². The fraction of sp³-hybridized carbons (Fsp3) is 0.500. The van der Waals surface area contributed by atoms with Crippen LogP contribution in [0.1, 0.15) is 35.3 Å². The van der Waals surface area contributed by atoms with Crippen molar-refractivity contribution in [1.29, 1.82) is 0 Å². The van der Waals surface area contributed by atoms with Gasteiger partial charge in [0.2, 0.25) is 5.95 Å². The van der Waals surface area contributed by atoms with Crippen molar-refractivity contribution in [3.8, 4) is 0 Å². The van der Waals surface area contributed by atoms with Crippen LogP contribution in [0.2, 0.25) is 0 Å². The van der Waals surface area contributed by atoms with E-state index in [4.69, 9.17) is 19.4 Å². The maximum absolute atomic E-state index is 13.6. The van der Waals surface area contributed by atoms with E-state index in [0.29, 0.717) is 24.9 Å². The molecule has 0 radical (unpaired) electrons. The average Bonchev–Trinajstić information content (AvgIpc) is 3.54. The van der Waals surface area contributed by atoms with Crippen LogP contribution >= 0.6 is 0 Å². The van der Waals surface area contributed by atoms with Crippen molar-refractivity contribution < 1.29 is 14.3 Å². The minimum atomic E-state index is -0.211. The van der Waals surface area contributed by atoms with Gasteiger partial charge in [-0.05, 0) is 49.2 Å². The Bertz CT molecular complexity index is 1280. The second-order valence-electron chi connectivity index (χ2n) is 10.5. The number of hydrogen-bond donors (Lipinski definition) is 1. The van der Waals surface area contributed by atoms with Crippen molar-refractivity contribution in [3.63, 3.8) is 0 Å². The number of anilines is 3. The van der Waals surface area contributed by atoms with E-state index in [1.54, 1.807) is 0 Å². The molecule has 9 nitrogen and oxygen atoms in total. The number of carbonyl (C=O) groups is 1. The molecule has 1 aromatic heterocycles. The first kappa shape index (κ1) is 26.0. The molecule has 3 aliphatic heterocycles. The fourth-order valence-electron chi connectivity index (χ4n) is 5.74. The summed E-state index contributed by atoms with van der Waals surface area (Å²) in [6.45, 7) is 9.46. The number of rotatable bonds is 8. The third kappa shape index (κ3) is 6.16. The predicted molar refractivity (Wildman–Crippen MR) is 154 cm³/mol. The number of aryl methyl sites for hydroxylation is 1. The van der Waals surface area contributed by atoms with Crippen molar-refractivity contribution in [1.82, 2.24) is 14.9 Å². The van der Waals surface area contributed by atoms with Crippen LogP contribution in [0.25, 0.3) is 10.8 Å². The molecule has 39 heavy (non-hydrogen) atoms. The van der Waals surface area contributed by atoms with E-state index in [2.05, 4.69) is 44.3 Å². The molecule has 9 heteroatoms. The Morgan fingerprint density at radius 1 is 0.821 bits per heavy atom. The molecule has 4 heterocycles. The van der Waals surface area contributed by atoms with Crippen molar-refractivity contribution in [2.45, 2.75) is 25.7 Å². The van der Waals surface area contributed by atoms with E-state index in [0.717, 1.165) is 102 Å². The zero-order valence-electron chi connectivity index (χ0n) is 22.6. The topological polar surface area (TPSA) is 83.1 Å². The molecule has 0 atom stereocenters. The van der Waals surface area contributed by atoms with Gasteiger partial charge in [0, 0.05) is 56.4 Å². The highest BCUT2D eigenvalue weighted by molar-refractivity contribution is 6.09. The lowest BCUT2D eigenvalue weighted by molar-refractivity contribution is 0.0375. The summed E-state index contributed by atoms with van der Waals surface area (Å²) in [5.74, 6) is 1.22. The first-order valence-electron chi connectivity index (χ1n) is 14.3. The lowest BCUT2D eigenvalue weighted by Gasteiger charge is -2.29. The molecule has 0 saturated carbocycles. The van der Waals surface area contributed by atoms with Crippen LogP contribution in [-0.4, -0.2) is 93.0 Å². The molecular formula is C30H38N6O3. The maximum atomic E-state index is 13.6. The minimum absolute atomic E-state index is 0.211. The molecule has 1 amide bonds. The molecule has 3 fully saturated rings. The molecule has 3 aromatic rings. The van der Waals surface area contributed by atoms with Gasteiger partial charge in [0.25, 0.3) is 5.91 Å². The number of benzene rings is 2. The van der Waals surface area contributed by atoms with E-state index in [1.807, 2.05) is 18.2 Å². The maximum Gasteiger partial charge on any atom is 0.274 e. The molecule has 0 bridgehead atoms. The van der Waals surface area contributed by atoms with Gasteiger partial charge in [-0.2, -0.15) is 4.98 Å². The Morgan fingerprint density at radius 2 is 1.54 bits per heavy atom. The van der Waals surface area contributed by atoms with Crippen molar-refractivity contribution in [2.75, 3.05) is 87.4 Å². The highest BCUT2D eigenvalue weighted by Gasteiger charge is 2.22. The van der Waals surface area contributed by atoms with Gasteiger partial charge in [-0.15, -0.1) is 0 Å². The number of nitrogens with one attached hydrogen (secondary N) is 1. The molecule has 0 spiro atoms. The molecule has 1 N–H and O–H groups in total. The SMILES string of the molecule is O=C(Nc1ccc(CCCN2CCOCC2)c2ccccc12)c1cc(N2CCOCC2)nc(N2CCCC2)n1. The first-order valence-corrected chi connectivity index (χ1v) is 14.3. The van der Waals surface area contributed by atoms with E-state index in [-0.39, 0.29) is 5.91 Å². The Balaban J connectivity index is 1.22. The van der Waals surface area contributed by atoms with Crippen molar-refractivity contribution in [2.24, 2.45) is 0 Å². The highest BCUT2D eigenvalue weighted by Crippen LogP contribution is 2.29. The Hall–Kier alpha value is -3.27. The summed E-state index contributed by atoms with van der Waals surface area (Å²) in [7, 11) is 0. The van der Waals surface area contributed by atoms with E-state index >= 15 is 0 Å². The average molecular weight is 531 g/mol. The fourth-order valence-corrected chi connectivity index (χ4v) is 5.74. The zero-order valence-corrected chi connectivity index (χ0v) is 22.6. The third-order valence-electron chi connectivity index (χ3n) is 7.94. The van der Waals surface area contributed by atoms with E-state index < -0.39 is 0 Å². The van der Waals surface area contributed by atoms with Gasteiger partial charge in [-0.1, -0.05) is 30.3 Å². The molecular weight excluding hydrogens is 492 g/mol. The largest absolute Gasteiger partial charge is 0.379 e. The molecule has 206 valence electrons. The first-order chi connectivity index (χ1) is 19.2. The van der Waals surface area contributed by atoms with Gasteiger partial charge in [0.05, 0.1) is 26.4 Å². The van der Waals surface area contributed by atoms with Gasteiger partial charge >= 0.3 is 0 Å². The minimum Gasteiger partial charge on any atom is -0.379 e. The third-order valence-corrected chi connectivity index (χ3v) is 7.94. The number of nitrogens with zero attached hydrogens (tertiary/aromatic N) is 5. The second-order valence-corrected chi connectivity index (χ2v) is 10.5. The predicted octanol–water partition coefficient (Wildman–Crippen LogP) is 3.58. The van der Waals surface area contributed by atoms with Gasteiger partial charge < -0.3 is 24.6 Å². The number of aromatic nitrogens is 2. The second kappa shape index (κ2) is 12.3. The van der Waals surface area contributed by atoms with E-state index in [9.17, 15) is 4.79 Å². The van der Waals surface area contributed by atoms with Crippen LogP contribution in [0.15, 0.2) is 42.5 Å². The highest BCUT2D eigenvalue weighted by atomic mass is 16.5. The van der Waals surface area contributed by atoms with Crippen molar-refractivity contribution in [3.05, 3.63) is 53.7 Å². The summed E-state index contributed by atoms with van der Waals surface area (Å²) in [5.41, 5.74) is 2.51. The summed E-state index contributed by atoms with van der Waals surface area (Å²) < 4.78 is 11.0. The molecule has 2 aromatic carbocycles. The van der Waals surface area contributed by atoms with Crippen LogP contribution in [0.3, 0.4) is 0 Å². The summed E-state index contributed by atoms with van der Waals surface area (Å²) in [4.78, 5) is 30.0. The van der Waals surface area contributed by atoms with Crippen molar-refractivity contribution >= 4 is 34.1 Å². The number of ether oxygens (including phenoxy) is 2. The van der Waals surface area contributed by atoms with Gasteiger partial charge in [0.1, 0.15) is 11.5 Å². The quantitative estimate of drug-likeness (QED) is 0.473. The monoisotopic (exact) mass is 530 g/mol. The lowest BCUT2D eigenvalue weighted by Crippen LogP contribution is -2.37. The van der Waals surface area contributed by atoms with Crippen LogP contribution in [0.5, 0.6) is 0 Å². The van der Waals surface area contributed by atoms with Crippen LogP contribution < -0.4 is 15.1 Å². The molecule has 0 unspecified atom stereocenters. The summed E-state index contributed by atoms with van der Waals surface area (Å²) >= 11 is 0. The number of fused-ring (bicyclic) bond motifs is 1. The Morgan fingerprint density at radius 3 is 2.31 bits per heavy atom. The number of morpholine rings is 2. The Kier molecular flexibility index (Phi) is 8.18. The Labute approximate surface area is 230 Å². The zero-order chi connectivity index (χ0) is 26.4. The van der Waals surface area contributed by atoms with Gasteiger partial charge in [-0.3, -0.25) is 9.69 Å². The summed E-state index contributed by atoms with van der Waals surface area (Å²) in [5, 5.41) is 5.41. The number of amides is 1. The smallest absolute Gasteiger partial charge is 0.274 e. The van der Waals surface area contributed by atoms with E-state index in [1.165, 1.54) is 10.9 Å². The van der Waals surface area contributed by atoms with Gasteiger partial charge in [-0.25, -0.2) is 4.98 Å². The summed E-state index contributed by atoms with van der Waals surface area (Å²) in [6.07, 6.45) is 4.34. The summed E-state index contributed by atoms with van der Waals surface area (Å²) in [6, 6.07) is 14.4. The molecule has 0 aliphatic carbocycles.